The molecule has 0 radical (unpaired) electrons. The van der Waals surface area contributed by atoms with Gasteiger partial charge in [0.25, 0.3) is 0 Å². The fraction of sp³-hybridized carbons (Fsp3) is 0.556. The summed E-state index contributed by atoms with van der Waals surface area (Å²) in [4.78, 5) is 10.4. The van der Waals surface area contributed by atoms with Crippen LogP contribution in [0.4, 0.5) is 5.82 Å². The average Bonchev–Trinajstić information content (AvgIpc) is 2.64. The molecule has 6 heteroatoms. The monoisotopic (exact) mass is 321 g/mol. The molecular formula is C9H12IN3O2. The molecule has 15 heavy (non-hydrogen) atoms. The van der Waals surface area contributed by atoms with Gasteiger partial charge < -0.3 is 14.7 Å². The van der Waals surface area contributed by atoms with Crippen LogP contribution in [0.1, 0.15) is 6.42 Å². The lowest BCUT2D eigenvalue weighted by Gasteiger charge is -2.16. The number of anilines is 1. The number of hydrogen-bond donors (Lipinski definition) is 1. The van der Waals surface area contributed by atoms with E-state index in [4.69, 9.17) is 4.74 Å². The lowest BCUT2D eigenvalue weighted by molar-refractivity contribution is 0.198. The Morgan fingerprint density at radius 1 is 1.60 bits per heavy atom. The van der Waals surface area contributed by atoms with Crippen LogP contribution in [0, 0.1) is 3.70 Å². The summed E-state index contributed by atoms with van der Waals surface area (Å²) in [6, 6.07) is 2.26. The van der Waals surface area contributed by atoms with Gasteiger partial charge in [-0.25, -0.2) is 0 Å². The molecule has 1 atom stereocenters. The number of halogens is 1. The fourth-order valence-corrected chi connectivity index (χ4v) is 2.07. The number of aliphatic hydroxyl groups excluding tert-OH is 1. The first-order valence-electron chi connectivity index (χ1n) is 4.70. The molecule has 1 N–H and O–H groups in total. The van der Waals surface area contributed by atoms with E-state index in [1.807, 2.05) is 11.0 Å². The van der Waals surface area contributed by atoms with Gasteiger partial charge in [0, 0.05) is 19.2 Å². The van der Waals surface area contributed by atoms with Crippen LogP contribution in [0.3, 0.4) is 0 Å². The summed E-state index contributed by atoms with van der Waals surface area (Å²) in [5.74, 6) is 0.822. The van der Waals surface area contributed by atoms with Gasteiger partial charge in [-0.2, -0.15) is 9.97 Å². The lowest BCUT2D eigenvalue weighted by Crippen LogP contribution is -2.22. The molecular weight excluding hydrogens is 309 g/mol. The molecule has 0 aliphatic carbocycles. The lowest BCUT2D eigenvalue weighted by atomic mass is 10.3. The Morgan fingerprint density at radius 3 is 3.00 bits per heavy atom. The number of nitrogens with zero attached hydrogens (tertiary/aromatic N) is 3. The van der Waals surface area contributed by atoms with Gasteiger partial charge in [0.1, 0.15) is 9.52 Å². The van der Waals surface area contributed by atoms with Crippen LogP contribution < -0.4 is 9.64 Å². The third-order valence-corrected chi connectivity index (χ3v) is 2.88. The minimum atomic E-state index is -0.247. The highest BCUT2D eigenvalue weighted by Crippen LogP contribution is 2.21. The minimum Gasteiger partial charge on any atom is -0.467 e. The molecule has 1 aromatic heterocycles. The highest BCUT2D eigenvalue weighted by molar-refractivity contribution is 14.1. The Labute approximate surface area is 102 Å². The second kappa shape index (κ2) is 4.48. The van der Waals surface area contributed by atoms with Gasteiger partial charge in [0.05, 0.1) is 13.2 Å². The van der Waals surface area contributed by atoms with E-state index in [0.717, 1.165) is 22.5 Å². The normalized spacial score (nSPS) is 20.7. The zero-order valence-electron chi connectivity index (χ0n) is 8.35. The molecule has 0 bridgehead atoms. The van der Waals surface area contributed by atoms with Crippen molar-refractivity contribution in [1.82, 2.24) is 9.97 Å². The quantitative estimate of drug-likeness (QED) is 0.641. The zero-order valence-corrected chi connectivity index (χ0v) is 10.5. The van der Waals surface area contributed by atoms with Crippen molar-refractivity contribution in [2.75, 3.05) is 25.1 Å². The molecule has 1 aromatic rings. The molecule has 0 amide bonds. The van der Waals surface area contributed by atoms with Gasteiger partial charge in [-0.3, -0.25) is 0 Å². The van der Waals surface area contributed by atoms with Gasteiger partial charge in [-0.05, 0) is 29.0 Å². The molecule has 0 unspecified atom stereocenters. The number of methoxy groups -OCH3 is 1. The second-order valence-electron chi connectivity index (χ2n) is 3.42. The summed E-state index contributed by atoms with van der Waals surface area (Å²) >= 11 is 2.13. The third-order valence-electron chi connectivity index (χ3n) is 2.33. The van der Waals surface area contributed by atoms with E-state index in [1.165, 1.54) is 0 Å². The van der Waals surface area contributed by atoms with E-state index in [9.17, 15) is 5.11 Å². The smallest absolute Gasteiger partial charge is 0.319 e. The largest absolute Gasteiger partial charge is 0.467 e. The van der Waals surface area contributed by atoms with E-state index < -0.39 is 0 Å². The van der Waals surface area contributed by atoms with Crippen molar-refractivity contribution >= 4 is 28.4 Å². The molecule has 0 saturated carbocycles. The summed E-state index contributed by atoms with van der Waals surface area (Å²) in [6.45, 7) is 1.47. The van der Waals surface area contributed by atoms with E-state index in [-0.39, 0.29) is 6.10 Å². The SMILES string of the molecule is COc1nc(I)cc(N2CC[C@@H](O)C2)n1. The van der Waals surface area contributed by atoms with Gasteiger partial charge in [0.15, 0.2) is 0 Å². The van der Waals surface area contributed by atoms with Crippen LogP contribution in [0.25, 0.3) is 0 Å². The Balaban J connectivity index is 2.24. The maximum Gasteiger partial charge on any atom is 0.319 e. The van der Waals surface area contributed by atoms with E-state index in [0.29, 0.717) is 12.6 Å². The highest BCUT2D eigenvalue weighted by atomic mass is 127. The molecule has 1 fully saturated rings. The minimum absolute atomic E-state index is 0.247. The predicted molar refractivity (Wildman–Crippen MR) is 64.1 cm³/mol. The van der Waals surface area contributed by atoms with Crippen LogP contribution >= 0.6 is 22.6 Å². The first-order chi connectivity index (χ1) is 7.19. The standard InChI is InChI=1S/C9H12IN3O2/c1-15-9-11-7(10)4-8(12-9)13-3-2-6(14)5-13/h4,6,14H,2-3,5H2,1H3/t6-/m1/s1. The summed E-state index contributed by atoms with van der Waals surface area (Å²) in [5, 5.41) is 9.44. The maximum atomic E-state index is 9.44. The number of aromatic nitrogens is 2. The van der Waals surface area contributed by atoms with Gasteiger partial charge in [-0.15, -0.1) is 0 Å². The second-order valence-corrected chi connectivity index (χ2v) is 4.53. The number of hydrogen-bond acceptors (Lipinski definition) is 5. The summed E-state index contributed by atoms with van der Waals surface area (Å²) < 4.78 is 5.85. The van der Waals surface area contributed by atoms with Gasteiger partial charge >= 0.3 is 6.01 Å². The highest BCUT2D eigenvalue weighted by Gasteiger charge is 2.22. The van der Waals surface area contributed by atoms with E-state index in [2.05, 4.69) is 32.6 Å². The van der Waals surface area contributed by atoms with E-state index in [1.54, 1.807) is 7.11 Å². The molecule has 1 aliphatic heterocycles. The molecule has 1 aliphatic rings. The Kier molecular flexibility index (Phi) is 3.25. The van der Waals surface area contributed by atoms with Crippen molar-refractivity contribution in [1.29, 1.82) is 0 Å². The number of ether oxygens (including phenoxy) is 1. The van der Waals surface area contributed by atoms with Crippen LogP contribution in [0.2, 0.25) is 0 Å². The van der Waals surface area contributed by atoms with Crippen molar-refractivity contribution in [3.8, 4) is 6.01 Å². The van der Waals surface area contributed by atoms with Crippen molar-refractivity contribution < 1.29 is 9.84 Å². The van der Waals surface area contributed by atoms with Crippen LogP contribution in [0.5, 0.6) is 6.01 Å². The number of β-amino-alcohol motifs (C(OH)–C–C–N with tert-alkyl or cyclic N) is 1. The van der Waals surface area contributed by atoms with Crippen molar-refractivity contribution in [2.45, 2.75) is 12.5 Å². The zero-order chi connectivity index (χ0) is 10.8. The van der Waals surface area contributed by atoms with Crippen molar-refractivity contribution in [3.63, 3.8) is 0 Å². The Hall–Kier alpha value is -0.630. The number of rotatable bonds is 2. The van der Waals surface area contributed by atoms with Gasteiger partial charge in [0.2, 0.25) is 0 Å². The fourth-order valence-electron chi connectivity index (χ4n) is 1.59. The first kappa shape index (κ1) is 10.9. The van der Waals surface area contributed by atoms with Crippen molar-refractivity contribution in [2.24, 2.45) is 0 Å². The summed E-state index contributed by atoms with van der Waals surface area (Å²) in [5.41, 5.74) is 0. The van der Waals surface area contributed by atoms with Crippen molar-refractivity contribution in [3.05, 3.63) is 9.77 Å². The van der Waals surface area contributed by atoms with Crippen LogP contribution in [0.15, 0.2) is 6.07 Å². The molecule has 82 valence electrons. The molecule has 0 spiro atoms. The maximum absolute atomic E-state index is 9.44. The Morgan fingerprint density at radius 2 is 2.40 bits per heavy atom. The average molecular weight is 321 g/mol. The molecule has 2 rings (SSSR count). The number of aliphatic hydroxyl groups is 1. The van der Waals surface area contributed by atoms with Crippen LogP contribution in [-0.4, -0.2) is 41.4 Å². The summed E-state index contributed by atoms with van der Waals surface area (Å²) in [7, 11) is 1.55. The van der Waals surface area contributed by atoms with E-state index >= 15 is 0 Å². The molecule has 0 aromatic carbocycles. The van der Waals surface area contributed by atoms with Crippen LogP contribution in [-0.2, 0) is 0 Å². The van der Waals surface area contributed by atoms with Gasteiger partial charge in [-0.1, -0.05) is 0 Å². The molecule has 2 heterocycles. The predicted octanol–water partition coefficient (Wildman–Crippen LogP) is 0.661. The first-order valence-corrected chi connectivity index (χ1v) is 5.78. The topological polar surface area (TPSA) is 58.5 Å². The molecule has 1 saturated heterocycles. The summed E-state index contributed by atoms with van der Waals surface area (Å²) in [6.07, 6.45) is 0.548. The third kappa shape index (κ3) is 2.49. The Bertz CT molecular complexity index is 361. The molecule has 5 nitrogen and oxygen atoms in total.